The van der Waals surface area contributed by atoms with Gasteiger partial charge in [0, 0.05) is 0 Å². The van der Waals surface area contributed by atoms with Crippen molar-refractivity contribution in [1.82, 2.24) is 0 Å². The van der Waals surface area contributed by atoms with Gasteiger partial charge in [0.15, 0.2) is 11.6 Å². The van der Waals surface area contributed by atoms with Crippen molar-refractivity contribution in [3.63, 3.8) is 0 Å². The molecule has 0 atom stereocenters. The minimum absolute atomic E-state index is 0. The molecule has 10 heteroatoms. The van der Waals surface area contributed by atoms with Crippen LogP contribution in [0.4, 0.5) is 17.6 Å². The first-order chi connectivity index (χ1) is 13.7. The number of benzene rings is 2. The summed E-state index contributed by atoms with van der Waals surface area (Å²) in [4.78, 5) is -2.21. The van der Waals surface area contributed by atoms with Crippen molar-refractivity contribution in [2.75, 3.05) is 0 Å². The number of ether oxygens (including phenoxy) is 1. The smallest absolute Gasteiger partial charge is 0.744 e. The van der Waals surface area contributed by atoms with Crippen LogP contribution in [-0.4, -0.2) is 13.0 Å². The molecule has 0 saturated carbocycles. The fourth-order valence-corrected chi connectivity index (χ4v) is 3.63. The molecular weight excluding hydrogens is 447 g/mol. The van der Waals surface area contributed by atoms with E-state index in [2.05, 4.69) is 0 Å². The molecule has 0 saturated heterocycles. The molecule has 0 aliphatic rings. The molecule has 2 aromatic rings. The van der Waals surface area contributed by atoms with Gasteiger partial charge >= 0.3 is 29.6 Å². The van der Waals surface area contributed by atoms with Crippen molar-refractivity contribution >= 4 is 10.1 Å². The molecule has 0 aromatic heterocycles. The summed E-state index contributed by atoms with van der Waals surface area (Å²) in [5.41, 5.74) is 2.07. The molecule has 0 radical (unpaired) electrons. The van der Waals surface area contributed by atoms with E-state index in [0.29, 0.717) is 11.1 Å². The van der Waals surface area contributed by atoms with Gasteiger partial charge in [-0.25, -0.2) is 17.2 Å². The molecule has 0 amide bonds. The van der Waals surface area contributed by atoms with E-state index in [1.807, 2.05) is 41.5 Å². The molecule has 0 aliphatic heterocycles. The van der Waals surface area contributed by atoms with Crippen LogP contribution >= 0.6 is 0 Å². The predicted octanol–water partition coefficient (Wildman–Crippen LogP) is 3.31. The molecule has 2 rings (SSSR count). The number of rotatable bonds is 6. The normalized spacial score (nSPS) is 11.9. The van der Waals surface area contributed by atoms with Crippen LogP contribution in [0, 0.1) is 23.3 Å². The first kappa shape index (κ1) is 27.9. The Kier molecular flexibility index (Phi) is 9.19. The molecule has 0 N–H and O–H groups in total. The zero-order chi connectivity index (χ0) is 23.1. The molecular formula is C21H23F4NaO4S. The molecule has 166 valence electrons. The third-order valence-corrected chi connectivity index (χ3v) is 5.57. The van der Waals surface area contributed by atoms with E-state index in [9.17, 15) is 30.5 Å². The van der Waals surface area contributed by atoms with Crippen LogP contribution in [0.2, 0.25) is 0 Å². The quantitative estimate of drug-likeness (QED) is 0.281. The van der Waals surface area contributed by atoms with Gasteiger partial charge in [0.05, 0.1) is 0 Å². The van der Waals surface area contributed by atoms with E-state index in [-0.39, 0.29) is 53.1 Å². The summed E-state index contributed by atoms with van der Waals surface area (Å²) in [5.74, 6) is -10.5. The van der Waals surface area contributed by atoms with E-state index in [0.717, 1.165) is 5.56 Å². The van der Waals surface area contributed by atoms with Crippen molar-refractivity contribution in [3.8, 4) is 11.5 Å². The van der Waals surface area contributed by atoms with Gasteiger partial charge in [-0.1, -0.05) is 53.7 Å². The van der Waals surface area contributed by atoms with Crippen molar-refractivity contribution in [1.29, 1.82) is 0 Å². The fourth-order valence-electron chi connectivity index (χ4n) is 3.01. The van der Waals surface area contributed by atoms with Crippen molar-refractivity contribution in [3.05, 3.63) is 52.1 Å². The standard InChI is InChI=1S/C21H24F4O4S.Na/c1-9(2)12-7-13(10(3)4)19(14(8-12)11(5)6)29-20-15(22)17(24)21(30(26,27)28)18(25)16(20)23;/h7-11H,1-6H3,(H,26,27,28);/q;+1/p-1. The van der Waals surface area contributed by atoms with Gasteiger partial charge in [0.1, 0.15) is 20.8 Å². The zero-order valence-electron chi connectivity index (χ0n) is 18.4. The summed E-state index contributed by atoms with van der Waals surface area (Å²) < 4.78 is 95.7. The van der Waals surface area contributed by atoms with E-state index < -0.39 is 44.0 Å². The van der Waals surface area contributed by atoms with Crippen molar-refractivity contribution < 1.29 is 64.8 Å². The van der Waals surface area contributed by atoms with Crippen molar-refractivity contribution in [2.24, 2.45) is 0 Å². The van der Waals surface area contributed by atoms with Gasteiger partial charge < -0.3 is 9.29 Å². The van der Waals surface area contributed by atoms with E-state index >= 15 is 0 Å². The van der Waals surface area contributed by atoms with Gasteiger partial charge in [-0.05, 0) is 34.4 Å². The molecule has 31 heavy (non-hydrogen) atoms. The average molecular weight is 470 g/mol. The first-order valence-electron chi connectivity index (χ1n) is 9.35. The van der Waals surface area contributed by atoms with Crippen LogP contribution in [0.3, 0.4) is 0 Å². The van der Waals surface area contributed by atoms with Crippen LogP contribution in [-0.2, 0) is 10.1 Å². The summed E-state index contributed by atoms with van der Waals surface area (Å²) in [5, 5.41) is 0. The van der Waals surface area contributed by atoms with Gasteiger partial charge in [0.2, 0.25) is 17.4 Å². The van der Waals surface area contributed by atoms with Crippen LogP contribution in [0.5, 0.6) is 11.5 Å². The van der Waals surface area contributed by atoms with Gasteiger partial charge in [0.25, 0.3) is 0 Å². The molecule has 2 aromatic carbocycles. The third-order valence-electron chi connectivity index (χ3n) is 4.72. The Hall–Kier alpha value is -1.13. The van der Waals surface area contributed by atoms with Crippen LogP contribution in [0.1, 0.15) is 76.0 Å². The van der Waals surface area contributed by atoms with Crippen LogP contribution in [0.15, 0.2) is 17.0 Å². The maximum atomic E-state index is 14.5. The molecule has 0 aliphatic carbocycles. The van der Waals surface area contributed by atoms with E-state index in [1.54, 1.807) is 12.1 Å². The summed E-state index contributed by atoms with van der Waals surface area (Å²) in [6, 6.07) is 3.57. The summed E-state index contributed by atoms with van der Waals surface area (Å²) >= 11 is 0. The fraction of sp³-hybridized carbons (Fsp3) is 0.429. The summed E-state index contributed by atoms with van der Waals surface area (Å²) in [6.45, 7) is 11.2. The average Bonchev–Trinajstić information content (AvgIpc) is 2.61. The number of hydrogen-bond acceptors (Lipinski definition) is 4. The topological polar surface area (TPSA) is 66.4 Å². The Morgan fingerprint density at radius 3 is 1.42 bits per heavy atom. The maximum absolute atomic E-state index is 14.5. The number of hydrogen-bond donors (Lipinski definition) is 0. The second-order valence-corrected chi connectivity index (χ2v) is 9.28. The van der Waals surface area contributed by atoms with Crippen LogP contribution in [0.25, 0.3) is 0 Å². The van der Waals surface area contributed by atoms with E-state index in [4.69, 9.17) is 4.74 Å². The molecule has 0 unspecified atom stereocenters. The molecule has 0 bridgehead atoms. The molecule has 0 fully saturated rings. The first-order valence-corrected chi connectivity index (χ1v) is 10.8. The third kappa shape index (κ3) is 5.63. The van der Waals surface area contributed by atoms with E-state index in [1.165, 1.54) is 0 Å². The Morgan fingerprint density at radius 1 is 0.742 bits per heavy atom. The monoisotopic (exact) mass is 470 g/mol. The second-order valence-electron chi connectivity index (χ2n) is 7.96. The maximum Gasteiger partial charge on any atom is 1.00 e. The minimum atomic E-state index is -5.79. The second kappa shape index (κ2) is 10.2. The molecule has 0 heterocycles. The van der Waals surface area contributed by atoms with Gasteiger partial charge in [-0.3, -0.25) is 0 Å². The SMILES string of the molecule is CC(C)c1cc(C(C)C)c(Oc2c(F)c(F)c(S(=O)(=O)[O-])c(F)c2F)c(C(C)C)c1.[Na+]. The van der Waals surface area contributed by atoms with Gasteiger partial charge in [-0.15, -0.1) is 0 Å². The Balaban J connectivity index is 0.00000480. The number of halogens is 4. The predicted molar refractivity (Wildman–Crippen MR) is 103 cm³/mol. The van der Waals surface area contributed by atoms with Crippen molar-refractivity contribution in [2.45, 2.75) is 64.2 Å². The van der Waals surface area contributed by atoms with Gasteiger partial charge in [-0.2, -0.15) is 8.78 Å². The molecule has 0 spiro atoms. The Bertz CT molecular complexity index is 1030. The Morgan fingerprint density at radius 2 is 1.13 bits per heavy atom. The minimum Gasteiger partial charge on any atom is -0.744 e. The molecule has 4 nitrogen and oxygen atoms in total. The van der Waals surface area contributed by atoms with Crippen LogP contribution < -0.4 is 34.3 Å². The largest absolute Gasteiger partial charge is 1.00 e. The summed E-state index contributed by atoms with van der Waals surface area (Å²) in [7, 11) is -5.79. The summed E-state index contributed by atoms with van der Waals surface area (Å²) in [6.07, 6.45) is 0. The Labute approximate surface area is 202 Å². The zero-order valence-corrected chi connectivity index (χ0v) is 21.3.